The number of nitrogens with one attached hydrogen (secondary N) is 3. The summed E-state index contributed by atoms with van der Waals surface area (Å²) < 4.78 is 0. The lowest BCUT2D eigenvalue weighted by Crippen LogP contribution is -2.49. The van der Waals surface area contributed by atoms with Crippen LogP contribution in [0.4, 0.5) is 0 Å². The molecule has 0 aromatic carbocycles. The van der Waals surface area contributed by atoms with Gasteiger partial charge in [0.2, 0.25) is 0 Å². The van der Waals surface area contributed by atoms with E-state index >= 15 is 0 Å². The van der Waals surface area contributed by atoms with E-state index in [2.05, 4.69) is 37.7 Å². The molecule has 0 amide bonds. The number of H-pyrrole nitrogens is 2. The summed E-state index contributed by atoms with van der Waals surface area (Å²) >= 11 is 0. The second-order valence-corrected chi connectivity index (χ2v) is 7.65. The number of piperazine rings is 1. The van der Waals surface area contributed by atoms with Crippen molar-refractivity contribution in [3.05, 3.63) is 36.4 Å². The maximum atomic E-state index is 4.69. The van der Waals surface area contributed by atoms with Gasteiger partial charge < -0.3 is 10.3 Å². The van der Waals surface area contributed by atoms with E-state index in [1.54, 1.807) is 0 Å². The Morgan fingerprint density at radius 3 is 2.50 bits per heavy atom. The van der Waals surface area contributed by atoms with Crippen LogP contribution in [0, 0.1) is 0 Å². The highest BCUT2D eigenvalue weighted by Crippen LogP contribution is 2.37. The van der Waals surface area contributed by atoms with Crippen molar-refractivity contribution in [1.82, 2.24) is 30.4 Å². The maximum absolute atomic E-state index is 4.69. The van der Waals surface area contributed by atoms with Gasteiger partial charge in [-0.2, -0.15) is 5.10 Å². The molecule has 150 valence electrons. The summed E-state index contributed by atoms with van der Waals surface area (Å²) in [5.74, 6) is 0.637. The molecule has 1 saturated heterocycles. The lowest BCUT2D eigenvalue weighted by molar-refractivity contribution is 0.133. The molecule has 0 spiro atoms. The molecule has 5 rings (SSSR count). The van der Waals surface area contributed by atoms with Gasteiger partial charge in [-0.25, -0.2) is 4.98 Å². The van der Waals surface area contributed by atoms with Gasteiger partial charge in [0.05, 0.1) is 6.20 Å². The zero-order chi connectivity index (χ0) is 19.3. The van der Waals surface area contributed by atoms with Gasteiger partial charge in [-0.3, -0.25) is 10.00 Å². The molecule has 28 heavy (non-hydrogen) atoms. The summed E-state index contributed by atoms with van der Waals surface area (Å²) in [7, 11) is 0. The highest BCUT2D eigenvalue weighted by atomic mass is 15.2. The number of aromatic nitrogens is 4. The normalized spacial score (nSPS) is 23.4. The number of aromatic amines is 2. The van der Waals surface area contributed by atoms with Crippen molar-refractivity contribution in [2.45, 2.75) is 51.5 Å². The second kappa shape index (κ2) is 8.88. The van der Waals surface area contributed by atoms with Crippen molar-refractivity contribution in [3.63, 3.8) is 0 Å². The topological polar surface area (TPSA) is 72.6 Å². The molecule has 6 heteroatoms. The summed E-state index contributed by atoms with van der Waals surface area (Å²) in [6, 6.07) is 3.12. The largest absolute Gasteiger partial charge is 0.346 e. The molecule has 3 aromatic heterocycles. The molecule has 1 saturated carbocycles. The van der Waals surface area contributed by atoms with E-state index in [1.807, 2.05) is 32.4 Å². The van der Waals surface area contributed by atoms with Crippen LogP contribution in [0.5, 0.6) is 0 Å². The minimum absolute atomic E-state index is 0.637. The number of hydrogen-bond donors (Lipinski definition) is 3. The summed E-state index contributed by atoms with van der Waals surface area (Å²) in [6.45, 7) is 8.70. The Kier molecular flexibility index (Phi) is 6.07. The first-order valence-electron chi connectivity index (χ1n) is 10.8. The Morgan fingerprint density at radius 2 is 1.79 bits per heavy atom. The van der Waals surface area contributed by atoms with Crippen LogP contribution >= 0.6 is 0 Å². The van der Waals surface area contributed by atoms with E-state index < -0.39 is 0 Å². The fourth-order valence-electron chi connectivity index (χ4n) is 4.70. The van der Waals surface area contributed by atoms with Crippen LogP contribution in [0.1, 0.15) is 51.0 Å². The van der Waals surface area contributed by atoms with Gasteiger partial charge in [0.15, 0.2) is 0 Å². The predicted molar refractivity (Wildman–Crippen MR) is 114 cm³/mol. The summed E-state index contributed by atoms with van der Waals surface area (Å²) in [4.78, 5) is 10.7. The molecule has 6 nitrogen and oxygen atoms in total. The Hall–Kier alpha value is -2.18. The first kappa shape index (κ1) is 19.2. The number of fused-ring (bicyclic) bond motifs is 1. The van der Waals surface area contributed by atoms with Crippen LogP contribution in [0.3, 0.4) is 0 Å². The van der Waals surface area contributed by atoms with Gasteiger partial charge in [-0.15, -0.1) is 0 Å². The number of hydrogen-bond acceptors (Lipinski definition) is 4. The van der Waals surface area contributed by atoms with Crippen molar-refractivity contribution >= 4 is 11.0 Å². The monoisotopic (exact) mass is 380 g/mol. The first-order chi connectivity index (χ1) is 13.9. The van der Waals surface area contributed by atoms with Crippen molar-refractivity contribution < 1.29 is 0 Å². The van der Waals surface area contributed by atoms with Crippen LogP contribution in [0.25, 0.3) is 22.2 Å². The molecule has 0 radical (unpaired) electrons. The molecular weight excluding hydrogens is 348 g/mol. The van der Waals surface area contributed by atoms with Crippen LogP contribution < -0.4 is 5.32 Å². The third-order valence-electron chi connectivity index (χ3n) is 6.20. The van der Waals surface area contributed by atoms with Gasteiger partial charge in [0.25, 0.3) is 0 Å². The summed E-state index contributed by atoms with van der Waals surface area (Å²) in [5.41, 5.74) is 4.63. The van der Waals surface area contributed by atoms with Gasteiger partial charge in [0.1, 0.15) is 5.65 Å². The lowest BCUT2D eigenvalue weighted by atomic mass is 9.81. The Labute approximate surface area is 167 Å². The second-order valence-electron chi connectivity index (χ2n) is 7.65. The summed E-state index contributed by atoms with van der Waals surface area (Å²) in [5, 5.41) is 11.6. The average Bonchev–Trinajstić information content (AvgIpc) is 3.45. The Balaban J connectivity index is 0.000000932. The number of rotatable bonds is 3. The van der Waals surface area contributed by atoms with Crippen molar-refractivity contribution in [2.24, 2.45) is 0 Å². The molecule has 4 heterocycles. The maximum Gasteiger partial charge on any atom is 0.137 e. The standard InChI is InChI=1S/C20H26N6.C2H6/c1-3-17(26-7-5-21-6-8-26)4-2-14(1)15-9-18-19(16-11-24-25-12-16)13-23-20(18)22-10-15;1-2/h9-14,17,21H,1-8H2,(H,22,23)(H,24,25);1-2H3. The zero-order valence-corrected chi connectivity index (χ0v) is 17.0. The van der Waals surface area contributed by atoms with E-state index in [0.717, 1.165) is 30.3 Å². The molecular formula is C22H32N6. The van der Waals surface area contributed by atoms with E-state index in [4.69, 9.17) is 4.98 Å². The third kappa shape index (κ3) is 3.84. The Bertz CT molecular complexity index is 854. The average molecular weight is 381 g/mol. The van der Waals surface area contributed by atoms with Gasteiger partial charge in [0, 0.05) is 67.3 Å². The minimum Gasteiger partial charge on any atom is -0.346 e. The van der Waals surface area contributed by atoms with Crippen molar-refractivity contribution in [1.29, 1.82) is 0 Å². The molecule has 1 aliphatic heterocycles. The van der Waals surface area contributed by atoms with Crippen LogP contribution in [-0.2, 0) is 0 Å². The Morgan fingerprint density at radius 1 is 1.00 bits per heavy atom. The highest BCUT2D eigenvalue weighted by Gasteiger charge is 2.27. The zero-order valence-electron chi connectivity index (χ0n) is 17.0. The number of pyridine rings is 1. The molecule has 3 N–H and O–H groups in total. The molecule has 2 fully saturated rings. The fraction of sp³-hybridized carbons (Fsp3) is 0.545. The van der Waals surface area contributed by atoms with Gasteiger partial charge >= 0.3 is 0 Å². The molecule has 3 aromatic rings. The van der Waals surface area contributed by atoms with E-state index in [-0.39, 0.29) is 0 Å². The van der Waals surface area contributed by atoms with Crippen LogP contribution in [-0.4, -0.2) is 57.3 Å². The van der Waals surface area contributed by atoms with Gasteiger partial charge in [-0.05, 0) is 43.2 Å². The smallest absolute Gasteiger partial charge is 0.137 e. The van der Waals surface area contributed by atoms with Gasteiger partial charge in [-0.1, -0.05) is 13.8 Å². The molecule has 0 unspecified atom stereocenters. The SMILES string of the molecule is CC.c1n[nH]cc1-c1c[nH]c2ncc(C3CCC(N4CCNCC4)CC3)cc12. The first-order valence-corrected chi connectivity index (χ1v) is 10.8. The third-order valence-corrected chi connectivity index (χ3v) is 6.20. The van der Waals surface area contributed by atoms with Crippen molar-refractivity contribution in [2.75, 3.05) is 26.2 Å². The predicted octanol–water partition coefficient (Wildman–Crippen LogP) is 3.91. The molecule has 1 aliphatic carbocycles. The van der Waals surface area contributed by atoms with E-state index in [0.29, 0.717) is 5.92 Å². The molecule has 2 aliphatic rings. The molecule has 0 bridgehead atoms. The van der Waals surface area contributed by atoms with Crippen LogP contribution in [0.15, 0.2) is 30.9 Å². The minimum atomic E-state index is 0.637. The quantitative estimate of drug-likeness (QED) is 0.644. The highest BCUT2D eigenvalue weighted by molar-refractivity contribution is 5.93. The van der Waals surface area contributed by atoms with E-state index in [9.17, 15) is 0 Å². The number of nitrogens with zero attached hydrogens (tertiary/aromatic N) is 3. The summed E-state index contributed by atoms with van der Waals surface area (Å²) in [6.07, 6.45) is 13.1. The van der Waals surface area contributed by atoms with E-state index in [1.165, 1.54) is 55.3 Å². The van der Waals surface area contributed by atoms with Crippen LogP contribution in [0.2, 0.25) is 0 Å². The lowest BCUT2D eigenvalue weighted by Gasteiger charge is -2.39. The fourth-order valence-corrected chi connectivity index (χ4v) is 4.70. The van der Waals surface area contributed by atoms with Crippen molar-refractivity contribution in [3.8, 4) is 11.1 Å². The molecule has 0 atom stereocenters.